The molecule has 1 unspecified atom stereocenters. The van der Waals surface area contributed by atoms with Gasteiger partial charge in [-0.3, -0.25) is 4.79 Å². The third kappa shape index (κ3) is 2.87. The predicted octanol–water partition coefficient (Wildman–Crippen LogP) is -0.891. The number of esters is 1. The molecule has 94 valence electrons. The van der Waals surface area contributed by atoms with Crippen molar-refractivity contribution in [1.29, 1.82) is 0 Å². The largest absolute Gasteiger partial charge is 0.468 e. The molecule has 0 bridgehead atoms. The van der Waals surface area contributed by atoms with Gasteiger partial charge in [0.2, 0.25) is 0 Å². The Kier molecular flexibility index (Phi) is 4.17. The van der Waals surface area contributed by atoms with E-state index in [1.807, 2.05) is 0 Å². The summed E-state index contributed by atoms with van der Waals surface area (Å²) in [7, 11) is 1.21. The Labute approximate surface area is 92.2 Å². The highest BCUT2D eigenvalue weighted by molar-refractivity contribution is 5.71. The Morgan fingerprint density at radius 2 is 2.31 bits per heavy atom. The van der Waals surface area contributed by atoms with E-state index in [1.54, 1.807) is 0 Å². The summed E-state index contributed by atoms with van der Waals surface area (Å²) in [6, 6.07) is 0. The summed E-state index contributed by atoms with van der Waals surface area (Å²) in [6.07, 6.45) is -0.0613. The molecule has 0 aromatic rings. The van der Waals surface area contributed by atoms with E-state index in [9.17, 15) is 18.7 Å². The molecule has 1 rings (SSSR count). The van der Waals surface area contributed by atoms with E-state index >= 15 is 0 Å². The van der Waals surface area contributed by atoms with Gasteiger partial charge < -0.3 is 20.5 Å². The molecule has 0 aliphatic carbocycles. The first-order valence-corrected chi connectivity index (χ1v) is 5.00. The predicted molar refractivity (Wildman–Crippen MR) is 52.3 cm³/mol. The van der Waals surface area contributed by atoms with E-state index in [-0.39, 0.29) is 19.5 Å². The van der Waals surface area contributed by atoms with Crippen LogP contribution in [0.2, 0.25) is 0 Å². The summed E-state index contributed by atoms with van der Waals surface area (Å²) >= 11 is 0. The molecule has 1 heterocycles. The van der Waals surface area contributed by atoms with Crippen LogP contribution in [0.3, 0.4) is 0 Å². The van der Waals surface area contributed by atoms with E-state index in [0.717, 1.165) is 0 Å². The van der Waals surface area contributed by atoms with E-state index in [0.29, 0.717) is 6.54 Å². The molecule has 5 nitrogen and oxygen atoms in total. The van der Waals surface area contributed by atoms with E-state index in [4.69, 9.17) is 0 Å². The standard InChI is InChI=1S/C9H16F2N2O3/c1-16-7(14)4-13-5-8(15)2-3-12-6-9(8,10)11/h12-13,15H,2-6H2,1H3. The monoisotopic (exact) mass is 238 g/mol. The van der Waals surface area contributed by atoms with Gasteiger partial charge in [0.1, 0.15) is 5.60 Å². The van der Waals surface area contributed by atoms with Crippen molar-refractivity contribution in [3.8, 4) is 0 Å². The zero-order valence-electron chi connectivity index (χ0n) is 9.06. The van der Waals surface area contributed by atoms with Crippen molar-refractivity contribution in [2.45, 2.75) is 17.9 Å². The molecule has 0 aromatic heterocycles. The van der Waals surface area contributed by atoms with Gasteiger partial charge in [0.25, 0.3) is 5.92 Å². The fourth-order valence-electron chi connectivity index (χ4n) is 1.55. The van der Waals surface area contributed by atoms with Crippen LogP contribution in [0.1, 0.15) is 6.42 Å². The zero-order valence-corrected chi connectivity index (χ0v) is 9.06. The van der Waals surface area contributed by atoms with E-state index in [2.05, 4.69) is 15.4 Å². The molecule has 1 atom stereocenters. The van der Waals surface area contributed by atoms with E-state index in [1.165, 1.54) is 7.11 Å². The first kappa shape index (κ1) is 13.3. The number of methoxy groups -OCH3 is 1. The summed E-state index contributed by atoms with van der Waals surface area (Å²) in [5.41, 5.74) is -2.10. The Hall–Kier alpha value is -0.790. The quantitative estimate of drug-likeness (QED) is 0.554. The second-order valence-corrected chi connectivity index (χ2v) is 3.84. The van der Waals surface area contributed by atoms with Crippen LogP contribution in [-0.2, 0) is 9.53 Å². The molecule has 1 fully saturated rings. The smallest absolute Gasteiger partial charge is 0.319 e. The SMILES string of the molecule is COC(=O)CNCC1(O)CCNCC1(F)F. The van der Waals surface area contributed by atoms with Crippen molar-refractivity contribution in [2.75, 3.05) is 33.3 Å². The third-order valence-corrected chi connectivity index (χ3v) is 2.66. The second-order valence-electron chi connectivity index (χ2n) is 3.84. The number of alkyl halides is 2. The molecular weight excluding hydrogens is 222 g/mol. The van der Waals surface area contributed by atoms with Gasteiger partial charge in [-0.25, -0.2) is 8.78 Å². The number of nitrogens with one attached hydrogen (secondary N) is 2. The van der Waals surface area contributed by atoms with Gasteiger partial charge in [0.05, 0.1) is 20.2 Å². The maximum absolute atomic E-state index is 13.4. The lowest BCUT2D eigenvalue weighted by atomic mass is 9.88. The average Bonchev–Trinajstić information content (AvgIpc) is 2.22. The normalized spacial score (nSPS) is 28.8. The summed E-state index contributed by atoms with van der Waals surface area (Å²) in [5, 5.41) is 14.8. The molecule has 1 aliphatic rings. The number of hydrogen-bond donors (Lipinski definition) is 3. The van der Waals surface area contributed by atoms with Crippen LogP contribution in [0.15, 0.2) is 0 Å². The van der Waals surface area contributed by atoms with Crippen LogP contribution in [-0.4, -0.2) is 55.9 Å². The lowest BCUT2D eigenvalue weighted by molar-refractivity contribution is -0.191. The van der Waals surface area contributed by atoms with Gasteiger partial charge in [-0.15, -0.1) is 0 Å². The topological polar surface area (TPSA) is 70.6 Å². The first-order valence-electron chi connectivity index (χ1n) is 5.00. The fraction of sp³-hybridized carbons (Fsp3) is 0.889. The van der Waals surface area contributed by atoms with Crippen molar-refractivity contribution in [2.24, 2.45) is 0 Å². The minimum absolute atomic E-state index is 0.0613. The fourth-order valence-corrected chi connectivity index (χ4v) is 1.55. The van der Waals surface area contributed by atoms with Crippen molar-refractivity contribution >= 4 is 5.97 Å². The number of carbonyl (C=O) groups excluding carboxylic acids is 1. The van der Waals surface area contributed by atoms with Crippen LogP contribution >= 0.6 is 0 Å². The van der Waals surface area contributed by atoms with Crippen molar-refractivity contribution in [3.05, 3.63) is 0 Å². The summed E-state index contributed by atoms with van der Waals surface area (Å²) in [4.78, 5) is 10.8. The highest BCUT2D eigenvalue weighted by atomic mass is 19.3. The molecular formula is C9H16F2N2O3. The van der Waals surface area contributed by atoms with E-state index < -0.39 is 24.0 Å². The molecule has 0 aromatic carbocycles. The minimum Gasteiger partial charge on any atom is -0.468 e. The number of carbonyl (C=O) groups is 1. The Morgan fingerprint density at radius 1 is 1.62 bits per heavy atom. The van der Waals surface area contributed by atoms with Crippen LogP contribution in [0, 0.1) is 0 Å². The minimum atomic E-state index is -3.20. The van der Waals surface area contributed by atoms with Gasteiger partial charge in [0.15, 0.2) is 0 Å². The van der Waals surface area contributed by atoms with Crippen molar-refractivity contribution in [3.63, 3.8) is 0 Å². The van der Waals surface area contributed by atoms with Crippen LogP contribution < -0.4 is 10.6 Å². The number of rotatable bonds is 4. The van der Waals surface area contributed by atoms with Gasteiger partial charge in [-0.05, 0) is 13.0 Å². The molecule has 1 saturated heterocycles. The highest BCUT2D eigenvalue weighted by Gasteiger charge is 2.53. The average molecular weight is 238 g/mol. The van der Waals surface area contributed by atoms with Crippen molar-refractivity contribution < 1.29 is 23.4 Å². The number of hydrogen-bond acceptors (Lipinski definition) is 5. The number of piperidine rings is 1. The number of halogens is 2. The maximum atomic E-state index is 13.4. The lowest BCUT2D eigenvalue weighted by Gasteiger charge is -2.39. The maximum Gasteiger partial charge on any atom is 0.319 e. The molecule has 3 N–H and O–H groups in total. The molecule has 7 heteroatoms. The Bertz CT molecular complexity index is 263. The van der Waals surface area contributed by atoms with Crippen LogP contribution in [0.25, 0.3) is 0 Å². The second kappa shape index (κ2) is 5.03. The van der Waals surface area contributed by atoms with Gasteiger partial charge >= 0.3 is 5.97 Å². The molecule has 0 spiro atoms. The third-order valence-electron chi connectivity index (χ3n) is 2.66. The first-order chi connectivity index (χ1) is 7.41. The van der Waals surface area contributed by atoms with Crippen LogP contribution in [0.5, 0.6) is 0 Å². The van der Waals surface area contributed by atoms with Gasteiger partial charge in [-0.1, -0.05) is 0 Å². The zero-order chi connectivity index (χ0) is 12.2. The lowest BCUT2D eigenvalue weighted by Crippen LogP contribution is -2.63. The van der Waals surface area contributed by atoms with Crippen LogP contribution in [0.4, 0.5) is 8.78 Å². The Morgan fingerprint density at radius 3 is 2.88 bits per heavy atom. The molecule has 0 radical (unpaired) electrons. The summed E-state index contributed by atoms with van der Waals surface area (Å²) in [5.74, 6) is -3.75. The van der Waals surface area contributed by atoms with Crippen molar-refractivity contribution in [1.82, 2.24) is 10.6 Å². The van der Waals surface area contributed by atoms with Gasteiger partial charge in [0, 0.05) is 6.54 Å². The Balaban J connectivity index is 2.46. The number of ether oxygens (including phenoxy) is 1. The highest BCUT2D eigenvalue weighted by Crippen LogP contribution is 2.32. The molecule has 16 heavy (non-hydrogen) atoms. The summed E-state index contributed by atoms with van der Waals surface area (Å²) < 4.78 is 31.1. The molecule has 1 aliphatic heterocycles. The summed E-state index contributed by atoms with van der Waals surface area (Å²) in [6.45, 7) is -0.755. The van der Waals surface area contributed by atoms with Gasteiger partial charge in [-0.2, -0.15) is 0 Å². The molecule has 0 amide bonds. The molecule has 0 saturated carbocycles. The number of aliphatic hydroxyl groups is 1.